The van der Waals surface area contributed by atoms with E-state index in [1.54, 1.807) is 43.2 Å². The zero-order chi connectivity index (χ0) is 30.9. The second-order valence-electron chi connectivity index (χ2n) is 9.54. The molecule has 0 radical (unpaired) electrons. The summed E-state index contributed by atoms with van der Waals surface area (Å²) in [5, 5.41) is 12.0. The molecule has 224 valence electrons. The molecule has 2 N–H and O–H groups in total. The molecule has 2 aromatic carbocycles. The number of imidazole rings is 1. The summed E-state index contributed by atoms with van der Waals surface area (Å²) < 4.78 is 18.1. The van der Waals surface area contributed by atoms with Gasteiger partial charge in [-0.15, -0.1) is 0 Å². The number of carboxylic acids is 1. The summed E-state index contributed by atoms with van der Waals surface area (Å²) in [6.45, 7) is 3.47. The van der Waals surface area contributed by atoms with Crippen LogP contribution >= 0.6 is 0 Å². The Kier molecular flexibility index (Phi) is 10.2. The topological polar surface area (TPSA) is 158 Å². The Morgan fingerprint density at radius 2 is 1.84 bits per heavy atom. The van der Waals surface area contributed by atoms with Crippen molar-refractivity contribution in [1.29, 1.82) is 0 Å². The third-order valence-electron chi connectivity index (χ3n) is 6.87. The van der Waals surface area contributed by atoms with Crippen LogP contribution in [0.4, 0.5) is 0 Å². The lowest BCUT2D eigenvalue weighted by Crippen LogP contribution is -2.37. The molecule has 1 aliphatic rings. The van der Waals surface area contributed by atoms with Gasteiger partial charge in [-0.2, -0.15) is 0 Å². The number of hydrogen-bond donors (Lipinski definition) is 2. The molecule has 12 nitrogen and oxygen atoms in total. The molecule has 0 saturated carbocycles. The minimum atomic E-state index is -1.21. The molecule has 1 amide bonds. The van der Waals surface area contributed by atoms with Crippen LogP contribution in [0.3, 0.4) is 0 Å². The van der Waals surface area contributed by atoms with Crippen molar-refractivity contribution in [3.8, 4) is 5.69 Å². The monoisotopic (exact) mass is 588 g/mol. The van der Waals surface area contributed by atoms with Crippen LogP contribution in [0, 0.1) is 5.92 Å². The Morgan fingerprint density at radius 1 is 1.07 bits per heavy atom. The van der Waals surface area contributed by atoms with Gasteiger partial charge in [0.1, 0.15) is 5.92 Å². The number of nitrogens with one attached hydrogen (secondary N) is 1. The normalized spacial score (nSPS) is 16.3. The van der Waals surface area contributed by atoms with Gasteiger partial charge in [-0.05, 0) is 43.7 Å². The molecule has 0 bridgehead atoms. The lowest BCUT2D eigenvalue weighted by molar-refractivity contribution is -0.144. The van der Waals surface area contributed by atoms with Crippen LogP contribution in [-0.4, -0.2) is 77.7 Å². The maximum absolute atomic E-state index is 13.4. The lowest BCUT2D eigenvalue weighted by Gasteiger charge is -2.32. The maximum Gasteiger partial charge on any atom is 0.336 e. The van der Waals surface area contributed by atoms with E-state index in [1.807, 2.05) is 24.3 Å². The molecule has 2 atom stereocenters. The number of carboxylic acid groups (broad SMARTS) is 1. The number of ether oxygens (including phenoxy) is 3. The zero-order valence-corrected chi connectivity index (χ0v) is 24.0. The lowest BCUT2D eigenvalue weighted by atomic mass is 9.75. The number of carbonyl (C=O) groups excluding carboxylic acids is 3. The number of benzene rings is 2. The predicted octanol–water partition coefficient (Wildman–Crippen LogP) is 3.18. The van der Waals surface area contributed by atoms with Crippen LogP contribution in [0.15, 0.2) is 83.5 Å². The molecular formula is C31H32N4O8. The van der Waals surface area contributed by atoms with Crippen molar-refractivity contribution >= 4 is 29.5 Å². The predicted molar refractivity (Wildman–Crippen MR) is 155 cm³/mol. The first kappa shape index (κ1) is 30.8. The molecule has 3 aromatic rings. The van der Waals surface area contributed by atoms with Gasteiger partial charge in [-0.3, -0.25) is 14.6 Å². The number of hydrogen-bond acceptors (Lipinski definition) is 9. The van der Waals surface area contributed by atoms with Crippen molar-refractivity contribution in [2.24, 2.45) is 10.9 Å². The Balaban J connectivity index is 1.60. The molecular weight excluding hydrogens is 556 g/mol. The summed E-state index contributed by atoms with van der Waals surface area (Å²) >= 11 is 0. The van der Waals surface area contributed by atoms with Gasteiger partial charge in [0.25, 0.3) is 5.91 Å². The largest absolute Gasteiger partial charge is 0.478 e. The summed E-state index contributed by atoms with van der Waals surface area (Å²) in [5.41, 5.74) is 2.27. The molecule has 0 fully saturated rings. The summed E-state index contributed by atoms with van der Waals surface area (Å²) in [6, 6.07) is 13.3. The molecule has 1 aliphatic heterocycles. The summed E-state index contributed by atoms with van der Waals surface area (Å²) in [4.78, 5) is 59.1. The number of carbonyl (C=O) groups is 4. The molecule has 4 rings (SSSR count). The van der Waals surface area contributed by atoms with Crippen molar-refractivity contribution in [3.63, 3.8) is 0 Å². The van der Waals surface area contributed by atoms with Gasteiger partial charge in [-0.1, -0.05) is 24.3 Å². The molecule has 0 spiro atoms. The van der Waals surface area contributed by atoms with Crippen molar-refractivity contribution < 1.29 is 38.5 Å². The SMILES string of the molecule is CCOC(=O)C1=C(COCCNC(=O)c2ccccc2C(=O)O)N=C(C)C(C(=O)OC)C1c1cccc(-n2ccnc2)c1. The highest BCUT2D eigenvalue weighted by atomic mass is 16.5. The third-order valence-corrected chi connectivity index (χ3v) is 6.87. The van der Waals surface area contributed by atoms with Gasteiger partial charge in [0.2, 0.25) is 0 Å². The van der Waals surface area contributed by atoms with E-state index in [-0.39, 0.29) is 48.8 Å². The van der Waals surface area contributed by atoms with E-state index in [2.05, 4.69) is 15.3 Å². The first-order valence-electron chi connectivity index (χ1n) is 13.6. The van der Waals surface area contributed by atoms with Crippen LogP contribution in [0.5, 0.6) is 0 Å². The van der Waals surface area contributed by atoms with E-state index in [0.29, 0.717) is 11.3 Å². The Bertz CT molecular complexity index is 1560. The van der Waals surface area contributed by atoms with E-state index in [4.69, 9.17) is 14.2 Å². The summed E-state index contributed by atoms with van der Waals surface area (Å²) in [5.74, 6) is -4.62. The zero-order valence-electron chi connectivity index (χ0n) is 24.0. The van der Waals surface area contributed by atoms with Crippen LogP contribution in [-0.2, 0) is 23.8 Å². The molecule has 1 aromatic heterocycles. The quantitative estimate of drug-likeness (QED) is 0.239. The van der Waals surface area contributed by atoms with Gasteiger partial charge in [0, 0.05) is 36.3 Å². The molecule has 43 heavy (non-hydrogen) atoms. The van der Waals surface area contributed by atoms with Gasteiger partial charge >= 0.3 is 17.9 Å². The minimum absolute atomic E-state index is 0.0319. The third kappa shape index (κ3) is 7.04. The van der Waals surface area contributed by atoms with Crippen molar-refractivity contribution in [3.05, 3.63) is 95.2 Å². The van der Waals surface area contributed by atoms with Crippen LogP contribution < -0.4 is 5.32 Å². The fourth-order valence-electron chi connectivity index (χ4n) is 4.95. The van der Waals surface area contributed by atoms with Crippen molar-refractivity contribution in [2.45, 2.75) is 19.8 Å². The van der Waals surface area contributed by atoms with E-state index < -0.39 is 35.7 Å². The smallest absolute Gasteiger partial charge is 0.336 e. The van der Waals surface area contributed by atoms with Crippen LogP contribution in [0.1, 0.15) is 46.0 Å². The average molecular weight is 589 g/mol. The first-order chi connectivity index (χ1) is 20.8. The van der Waals surface area contributed by atoms with E-state index in [0.717, 1.165) is 5.69 Å². The number of aromatic nitrogens is 2. The molecule has 12 heteroatoms. The fraction of sp³-hybridized carbons (Fsp3) is 0.290. The summed E-state index contributed by atoms with van der Waals surface area (Å²) in [6.07, 6.45) is 5.07. The average Bonchev–Trinajstić information content (AvgIpc) is 3.55. The number of amides is 1. The second-order valence-corrected chi connectivity index (χ2v) is 9.54. The van der Waals surface area contributed by atoms with Crippen molar-refractivity contribution in [1.82, 2.24) is 14.9 Å². The molecule has 2 unspecified atom stereocenters. The van der Waals surface area contributed by atoms with E-state index >= 15 is 0 Å². The van der Waals surface area contributed by atoms with E-state index in [9.17, 15) is 24.3 Å². The first-order valence-corrected chi connectivity index (χ1v) is 13.6. The van der Waals surface area contributed by atoms with Gasteiger partial charge < -0.3 is 29.2 Å². The maximum atomic E-state index is 13.4. The number of methoxy groups -OCH3 is 1. The highest BCUT2D eigenvalue weighted by Gasteiger charge is 2.43. The van der Waals surface area contributed by atoms with Crippen LogP contribution in [0.25, 0.3) is 5.69 Å². The molecule has 0 aliphatic carbocycles. The summed E-state index contributed by atoms with van der Waals surface area (Å²) in [7, 11) is 1.28. The number of aromatic carboxylic acids is 1. The standard InChI is InChI=1S/C31H32N4O8/c1-4-43-31(40)27-24(17-42-15-13-33-28(36)22-10-5-6-11-23(22)29(37)38)34-19(2)25(30(39)41-3)26(27)20-8-7-9-21(16-20)35-14-12-32-18-35/h5-12,14,16,18,25-26H,4,13,15,17H2,1-3H3,(H,33,36)(H,37,38). The molecule has 0 saturated heterocycles. The Hall–Kier alpha value is -5.10. The number of aliphatic imine (C=N–C) groups is 1. The number of nitrogens with zero attached hydrogens (tertiary/aromatic N) is 3. The second kappa shape index (κ2) is 14.2. The van der Waals surface area contributed by atoms with E-state index in [1.165, 1.54) is 25.3 Å². The highest BCUT2D eigenvalue weighted by molar-refractivity contribution is 6.07. The minimum Gasteiger partial charge on any atom is -0.478 e. The molecule has 2 heterocycles. The van der Waals surface area contributed by atoms with Gasteiger partial charge in [0.05, 0.1) is 55.7 Å². The van der Waals surface area contributed by atoms with Gasteiger partial charge in [-0.25, -0.2) is 14.6 Å². The number of rotatable bonds is 12. The Labute approximate surface area is 248 Å². The van der Waals surface area contributed by atoms with Crippen LogP contribution in [0.2, 0.25) is 0 Å². The fourth-order valence-corrected chi connectivity index (χ4v) is 4.95. The number of esters is 2. The highest BCUT2D eigenvalue weighted by Crippen LogP contribution is 2.40. The Morgan fingerprint density at radius 3 is 2.51 bits per heavy atom. The van der Waals surface area contributed by atoms with Gasteiger partial charge in [0.15, 0.2) is 0 Å². The van der Waals surface area contributed by atoms with Crippen molar-refractivity contribution in [2.75, 3.05) is 33.5 Å².